The van der Waals surface area contributed by atoms with Gasteiger partial charge in [0.1, 0.15) is 5.82 Å². The first-order valence-electron chi connectivity index (χ1n) is 12.9. The molecule has 2 atom stereocenters. The lowest BCUT2D eigenvalue weighted by Crippen LogP contribution is -2.45. The van der Waals surface area contributed by atoms with Crippen molar-refractivity contribution in [2.24, 2.45) is 0 Å². The summed E-state index contributed by atoms with van der Waals surface area (Å²) in [5.41, 5.74) is 7.58. The van der Waals surface area contributed by atoms with E-state index in [1.165, 1.54) is 35.8 Å². The second kappa shape index (κ2) is 9.37. The first-order chi connectivity index (χ1) is 17.6. The van der Waals surface area contributed by atoms with Crippen LogP contribution in [0.2, 0.25) is 0 Å². The minimum atomic E-state index is 0.204. The molecule has 0 N–H and O–H groups in total. The zero-order valence-corrected chi connectivity index (χ0v) is 20.8. The zero-order chi connectivity index (χ0) is 24.6. The van der Waals surface area contributed by atoms with Crippen LogP contribution in [0.25, 0.3) is 33.2 Å². The van der Waals surface area contributed by atoms with E-state index in [2.05, 4.69) is 55.1 Å². The number of fused-ring (bicyclic) bond motifs is 1. The van der Waals surface area contributed by atoms with Gasteiger partial charge < -0.3 is 9.64 Å². The number of morpholine rings is 1. The summed E-state index contributed by atoms with van der Waals surface area (Å²) in [5.74, 6) is 1.55. The molecule has 5 heteroatoms. The number of para-hydroxylation sites is 1. The molecule has 0 amide bonds. The van der Waals surface area contributed by atoms with E-state index in [9.17, 15) is 5.26 Å². The smallest absolute Gasteiger partial charge is 0.128 e. The summed E-state index contributed by atoms with van der Waals surface area (Å²) in [6.45, 7) is 5.96. The highest BCUT2D eigenvalue weighted by atomic mass is 16.5. The number of pyridine rings is 2. The average molecular weight is 475 g/mol. The molecule has 2 aliphatic rings. The Hall–Kier alpha value is -3.75. The van der Waals surface area contributed by atoms with Gasteiger partial charge in [0.05, 0.1) is 29.4 Å². The van der Waals surface area contributed by atoms with Crippen molar-refractivity contribution in [3.8, 4) is 28.3 Å². The number of nitrogens with zero attached hydrogens (tertiary/aromatic N) is 4. The normalized spacial score (nSPS) is 20.2. The van der Waals surface area contributed by atoms with Crippen LogP contribution in [0, 0.1) is 11.3 Å². The highest BCUT2D eigenvalue weighted by Gasteiger charge is 2.27. The van der Waals surface area contributed by atoms with Crippen molar-refractivity contribution >= 4 is 16.7 Å². The molecule has 2 aromatic carbocycles. The van der Waals surface area contributed by atoms with Gasteiger partial charge in [-0.2, -0.15) is 5.26 Å². The van der Waals surface area contributed by atoms with Crippen molar-refractivity contribution < 1.29 is 4.74 Å². The summed E-state index contributed by atoms with van der Waals surface area (Å²) in [5, 5.41) is 10.4. The zero-order valence-electron chi connectivity index (χ0n) is 20.8. The van der Waals surface area contributed by atoms with Gasteiger partial charge in [0, 0.05) is 47.6 Å². The van der Waals surface area contributed by atoms with Gasteiger partial charge in [0.15, 0.2) is 0 Å². The number of ether oxygens (including phenoxy) is 1. The van der Waals surface area contributed by atoms with E-state index in [0.717, 1.165) is 41.1 Å². The quantitative estimate of drug-likeness (QED) is 0.329. The van der Waals surface area contributed by atoms with E-state index in [0.29, 0.717) is 11.5 Å². The predicted octanol–water partition coefficient (Wildman–Crippen LogP) is 6.72. The Bertz CT molecular complexity index is 1420. The van der Waals surface area contributed by atoms with Crippen LogP contribution in [-0.2, 0) is 4.74 Å². The average Bonchev–Trinajstić information content (AvgIpc) is 2.87. The van der Waals surface area contributed by atoms with E-state index in [1.807, 2.05) is 36.7 Å². The van der Waals surface area contributed by atoms with Crippen molar-refractivity contribution in [1.82, 2.24) is 9.97 Å². The molecule has 4 aromatic rings. The van der Waals surface area contributed by atoms with Gasteiger partial charge in [0.2, 0.25) is 0 Å². The highest BCUT2D eigenvalue weighted by Crippen LogP contribution is 2.45. The van der Waals surface area contributed by atoms with Crippen LogP contribution in [0.15, 0.2) is 67.0 Å². The van der Waals surface area contributed by atoms with E-state index in [1.54, 1.807) is 0 Å². The second-order valence-corrected chi connectivity index (χ2v) is 10.2. The molecule has 5 nitrogen and oxygen atoms in total. The van der Waals surface area contributed by atoms with E-state index < -0.39 is 0 Å². The molecule has 0 bridgehead atoms. The molecule has 2 fully saturated rings. The fourth-order valence-corrected chi connectivity index (χ4v) is 5.67. The van der Waals surface area contributed by atoms with Gasteiger partial charge in [-0.3, -0.25) is 4.98 Å². The number of nitriles is 1. The summed E-state index contributed by atoms with van der Waals surface area (Å²) >= 11 is 0. The van der Waals surface area contributed by atoms with Gasteiger partial charge in [-0.15, -0.1) is 0 Å². The van der Waals surface area contributed by atoms with Crippen LogP contribution in [-0.4, -0.2) is 35.3 Å². The number of hydrogen-bond donors (Lipinski definition) is 0. The number of benzene rings is 2. The lowest BCUT2D eigenvalue weighted by Gasteiger charge is -2.36. The molecule has 0 radical (unpaired) electrons. The fourth-order valence-electron chi connectivity index (χ4n) is 5.67. The molecule has 180 valence electrons. The van der Waals surface area contributed by atoms with Crippen molar-refractivity contribution in [2.45, 2.75) is 51.2 Å². The van der Waals surface area contributed by atoms with E-state index in [4.69, 9.17) is 14.7 Å². The molecule has 3 heterocycles. The lowest BCUT2D eigenvalue weighted by molar-refractivity contribution is -0.00545. The summed E-state index contributed by atoms with van der Waals surface area (Å²) in [6, 6.07) is 20.8. The van der Waals surface area contributed by atoms with Gasteiger partial charge in [-0.05, 0) is 68.0 Å². The molecule has 2 aromatic heterocycles. The Morgan fingerprint density at radius 2 is 1.61 bits per heavy atom. The molecule has 1 aliphatic carbocycles. The third-order valence-corrected chi connectivity index (χ3v) is 7.58. The SMILES string of the molecule is CC1CN(c2ccc(-c3cnc4c(-c5ccc(C#N)cc5)cccc4c3C3CCC3)cn2)CC(C)O1. The Balaban J connectivity index is 1.41. The minimum Gasteiger partial charge on any atom is -0.372 e. The molecule has 2 unspecified atom stereocenters. The Morgan fingerprint density at radius 3 is 2.25 bits per heavy atom. The number of rotatable bonds is 4. The van der Waals surface area contributed by atoms with Gasteiger partial charge in [0.25, 0.3) is 0 Å². The number of hydrogen-bond acceptors (Lipinski definition) is 5. The maximum Gasteiger partial charge on any atom is 0.128 e. The van der Waals surface area contributed by atoms with Gasteiger partial charge >= 0.3 is 0 Å². The van der Waals surface area contributed by atoms with Crippen molar-refractivity contribution in [3.05, 3.63) is 78.1 Å². The molecule has 1 aliphatic heterocycles. The van der Waals surface area contributed by atoms with Crippen molar-refractivity contribution in [3.63, 3.8) is 0 Å². The van der Waals surface area contributed by atoms with E-state index >= 15 is 0 Å². The standard InChI is InChI=1S/C31H30N4O/c1-20-18-35(19-21(2)36-20)29-14-13-25(16-33-29)28-17-34-31-26(23-11-9-22(15-32)10-12-23)7-4-8-27(31)30(28)24-5-3-6-24/h4,7-14,16-17,20-21,24H,3,5-6,18-19H2,1-2H3. The molecule has 6 rings (SSSR count). The number of aromatic nitrogens is 2. The summed E-state index contributed by atoms with van der Waals surface area (Å²) in [4.78, 5) is 12.2. The third-order valence-electron chi connectivity index (χ3n) is 7.58. The second-order valence-electron chi connectivity index (χ2n) is 10.2. The Morgan fingerprint density at radius 1 is 0.861 bits per heavy atom. The fraction of sp³-hybridized carbons (Fsp3) is 0.323. The Kier molecular flexibility index (Phi) is 5.91. The maximum atomic E-state index is 9.18. The van der Waals surface area contributed by atoms with Crippen LogP contribution >= 0.6 is 0 Å². The molecule has 1 saturated heterocycles. The molecule has 36 heavy (non-hydrogen) atoms. The Labute approximate surface area is 212 Å². The monoisotopic (exact) mass is 474 g/mol. The minimum absolute atomic E-state index is 0.204. The largest absolute Gasteiger partial charge is 0.372 e. The van der Waals surface area contributed by atoms with Crippen LogP contribution < -0.4 is 4.90 Å². The predicted molar refractivity (Wildman–Crippen MR) is 144 cm³/mol. The van der Waals surface area contributed by atoms with Gasteiger partial charge in [-0.25, -0.2) is 4.98 Å². The molecule has 1 saturated carbocycles. The summed E-state index contributed by atoms with van der Waals surface area (Å²) in [6.07, 6.45) is 8.15. The third kappa shape index (κ3) is 4.12. The van der Waals surface area contributed by atoms with Crippen molar-refractivity contribution in [1.29, 1.82) is 5.26 Å². The topological polar surface area (TPSA) is 62.0 Å². The summed E-state index contributed by atoms with van der Waals surface area (Å²) in [7, 11) is 0. The first-order valence-corrected chi connectivity index (χ1v) is 12.9. The van der Waals surface area contributed by atoms with Crippen LogP contribution in [0.3, 0.4) is 0 Å². The van der Waals surface area contributed by atoms with Crippen LogP contribution in [0.4, 0.5) is 5.82 Å². The van der Waals surface area contributed by atoms with Gasteiger partial charge in [-0.1, -0.05) is 36.8 Å². The van der Waals surface area contributed by atoms with Crippen molar-refractivity contribution in [2.75, 3.05) is 18.0 Å². The molecular formula is C31H30N4O. The molecule has 0 spiro atoms. The lowest BCUT2D eigenvalue weighted by atomic mass is 9.76. The molecular weight excluding hydrogens is 444 g/mol. The van der Waals surface area contributed by atoms with Crippen LogP contribution in [0.5, 0.6) is 0 Å². The summed E-state index contributed by atoms with van der Waals surface area (Å²) < 4.78 is 5.89. The first kappa shape index (κ1) is 22.7. The van der Waals surface area contributed by atoms with E-state index in [-0.39, 0.29) is 12.2 Å². The number of anilines is 1. The van der Waals surface area contributed by atoms with Crippen LogP contribution in [0.1, 0.15) is 50.2 Å². The maximum absolute atomic E-state index is 9.18. The highest BCUT2D eigenvalue weighted by molar-refractivity contribution is 5.98.